The van der Waals surface area contributed by atoms with E-state index in [4.69, 9.17) is 15.0 Å². The van der Waals surface area contributed by atoms with Crippen molar-refractivity contribution in [1.82, 2.24) is 20.1 Å². The fourth-order valence-electron chi connectivity index (χ4n) is 2.71. The molecule has 0 spiro atoms. The molecule has 7 heteroatoms. The summed E-state index contributed by atoms with van der Waals surface area (Å²) in [5, 5.41) is 4.00. The van der Waals surface area contributed by atoms with Crippen LogP contribution in [0.2, 0.25) is 0 Å². The lowest BCUT2D eigenvalue weighted by molar-refractivity contribution is 0.326. The summed E-state index contributed by atoms with van der Waals surface area (Å²) < 4.78 is 10.5. The highest BCUT2D eigenvalue weighted by Crippen LogP contribution is 2.38. The van der Waals surface area contributed by atoms with E-state index in [9.17, 15) is 0 Å². The third-order valence-corrected chi connectivity index (χ3v) is 3.80. The van der Waals surface area contributed by atoms with Crippen molar-refractivity contribution in [3.05, 3.63) is 18.3 Å². The highest BCUT2D eigenvalue weighted by Gasteiger charge is 2.32. The normalized spacial score (nSPS) is 22.1. The largest absolute Gasteiger partial charge is 0.481 e. The second kappa shape index (κ2) is 5.54. The molecule has 2 N–H and O–H groups in total. The standard InChI is InChI=1S/C13H17N5O2/c1-19-11-5-10(15-7-16-11)12-17-13(20-18-12)9-4-2-3-8(9)6-14/h5,7-9H,2-4,6,14H2,1H3. The van der Waals surface area contributed by atoms with Crippen LogP contribution >= 0.6 is 0 Å². The summed E-state index contributed by atoms with van der Waals surface area (Å²) in [5.41, 5.74) is 6.38. The predicted octanol–water partition coefficient (Wildman–Crippen LogP) is 1.38. The summed E-state index contributed by atoms with van der Waals surface area (Å²) in [6.45, 7) is 0.656. The maximum absolute atomic E-state index is 5.79. The number of nitrogens with zero attached hydrogens (tertiary/aromatic N) is 4. The molecular weight excluding hydrogens is 258 g/mol. The average Bonchev–Trinajstić information content (AvgIpc) is 3.15. The molecule has 2 aromatic heterocycles. The Morgan fingerprint density at radius 2 is 2.30 bits per heavy atom. The molecule has 3 rings (SSSR count). The molecule has 1 saturated carbocycles. The van der Waals surface area contributed by atoms with Crippen LogP contribution in [0.25, 0.3) is 11.5 Å². The Kier molecular flexibility index (Phi) is 3.60. The highest BCUT2D eigenvalue weighted by molar-refractivity contribution is 5.49. The van der Waals surface area contributed by atoms with Crippen LogP contribution in [0.5, 0.6) is 5.88 Å². The number of rotatable bonds is 4. The van der Waals surface area contributed by atoms with Gasteiger partial charge in [0.15, 0.2) is 0 Å². The fraction of sp³-hybridized carbons (Fsp3) is 0.538. The van der Waals surface area contributed by atoms with E-state index >= 15 is 0 Å². The molecule has 2 unspecified atom stereocenters. The molecule has 1 aliphatic rings. The molecular formula is C13H17N5O2. The molecule has 0 radical (unpaired) electrons. The van der Waals surface area contributed by atoms with Crippen LogP contribution in [0.1, 0.15) is 31.1 Å². The van der Waals surface area contributed by atoms with Gasteiger partial charge in [-0.25, -0.2) is 9.97 Å². The first-order valence-electron chi connectivity index (χ1n) is 6.72. The van der Waals surface area contributed by atoms with Crippen molar-refractivity contribution < 1.29 is 9.26 Å². The third-order valence-electron chi connectivity index (χ3n) is 3.80. The minimum absolute atomic E-state index is 0.269. The first kappa shape index (κ1) is 13.0. The Balaban J connectivity index is 1.86. The van der Waals surface area contributed by atoms with E-state index in [1.807, 2.05) is 0 Å². The highest BCUT2D eigenvalue weighted by atomic mass is 16.5. The van der Waals surface area contributed by atoms with Crippen molar-refractivity contribution in [1.29, 1.82) is 0 Å². The Labute approximate surface area is 116 Å². The second-order valence-electron chi connectivity index (χ2n) is 4.94. The van der Waals surface area contributed by atoms with Crippen molar-refractivity contribution in [3.63, 3.8) is 0 Å². The summed E-state index contributed by atoms with van der Waals surface area (Å²) in [6.07, 6.45) is 4.75. The van der Waals surface area contributed by atoms with Gasteiger partial charge in [0.05, 0.1) is 7.11 Å². The zero-order chi connectivity index (χ0) is 13.9. The maximum Gasteiger partial charge on any atom is 0.230 e. The number of methoxy groups -OCH3 is 1. The monoisotopic (exact) mass is 275 g/mol. The lowest BCUT2D eigenvalue weighted by atomic mass is 9.96. The minimum atomic E-state index is 0.269. The molecule has 1 aliphatic carbocycles. The van der Waals surface area contributed by atoms with Gasteiger partial charge in [-0.1, -0.05) is 11.6 Å². The van der Waals surface area contributed by atoms with Crippen LogP contribution in [0.3, 0.4) is 0 Å². The van der Waals surface area contributed by atoms with Crippen molar-refractivity contribution in [2.24, 2.45) is 11.7 Å². The van der Waals surface area contributed by atoms with Crippen molar-refractivity contribution in [3.8, 4) is 17.4 Å². The Morgan fingerprint density at radius 3 is 3.10 bits per heavy atom. The Bertz CT molecular complexity index is 586. The smallest absolute Gasteiger partial charge is 0.230 e. The average molecular weight is 275 g/mol. The Hall–Kier alpha value is -2.02. The van der Waals surface area contributed by atoms with Gasteiger partial charge in [-0.2, -0.15) is 4.98 Å². The second-order valence-corrected chi connectivity index (χ2v) is 4.94. The van der Waals surface area contributed by atoms with Crippen LogP contribution in [0.15, 0.2) is 16.9 Å². The summed E-state index contributed by atoms with van der Waals surface area (Å²) in [4.78, 5) is 12.5. The van der Waals surface area contributed by atoms with E-state index in [0.29, 0.717) is 35.8 Å². The van der Waals surface area contributed by atoms with Gasteiger partial charge in [-0.05, 0) is 25.3 Å². The molecule has 7 nitrogen and oxygen atoms in total. The molecule has 0 bridgehead atoms. The molecule has 2 atom stereocenters. The predicted molar refractivity (Wildman–Crippen MR) is 71.0 cm³/mol. The molecule has 2 aromatic rings. The third kappa shape index (κ3) is 2.36. The van der Waals surface area contributed by atoms with E-state index in [1.54, 1.807) is 13.2 Å². The first-order chi connectivity index (χ1) is 9.81. The summed E-state index contributed by atoms with van der Waals surface area (Å²) in [6, 6.07) is 1.68. The van der Waals surface area contributed by atoms with Crippen molar-refractivity contribution in [2.75, 3.05) is 13.7 Å². The molecule has 0 aromatic carbocycles. The van der Waals surface area contributed by atoms with Crippen LogP contribution < -0.4 is 10.5 Å². The molecule has 20 heavy (non-hydrogen) atoms. The first-order valence-corrected chi connectivity index (χ1v) is 6.72. The SMILES string of the molecule is COc1cc(-c2noc(C3CCCC3CN)n2)ncn1. The number of hydrogen-bond acceptors (Lipinski definition) is 7. The molecule has 0 amide bonds. The molecule has 1 fully saturated rings. The van der Waals surface area contributed by atoms with E-state index in [1.165, 1.54) is 6.33 Å². The zero-order valence-electron chi connectivity index (χ0n) is 11.3. The van der Waals surface area contributed by atoms with Gasteiger partial charge in [0.1, 0.15) is 12.0 Å². The van der Waals surface area contributed by atoms with Gasteiger partial charge in [-0.15, -0.1) is 0 Å². The number of ether oxygens (including phenoxy) is 1. The van der Waals surface area contributed by atoms with Gasteiger partial charge < -0.3 is 15.0 Å². The fourth-order valence-corrected chi connectivity index (χ4v) is 2.71. The quantitative estimate of drug-likeness (QED) is 0.899. The van der Waals surface area contributed by atoms with Gasteiger partial charge in [-0.3, -0.25) is 0 Å². The van der Waals surface area contributed by atoms with E-state index in [0.717, 1.165) is 19.3 Å². The molecule has 106 valence electrons. The lowest BCUT2D eigenvalue weighted by Crippen LogP contribution is -2.17. The lowest BCUT2D eigenvalue weighted by Gasteiger charge is -2.12. The van der Waals surface area contributed by atoms with Crippen LogP contribution in [-0.2, 0) is 0 Å². The summed E-state index contributed by atoms with van der Waals surface area (Å²) in [5.74, 6) is 2.30. The van der Waals surface area contributed by atoms with E-state index in [-0.39, 0.29) is 5.92 Å². The summed E-state index contributed by atoms with van der Waals surface area (Å²) >= 11 is 0. The van der Waals surface area contributed by atoms with Crippen molar-refractivity contribution >= 4 is 0 Å². The number of nitrogens with two attached hydrogens (primary N) is 1. The van der Waals surface area contributed by atoms with Gasteiger partial charge in [0, 0.05) is 12.0 Å². The topological polar surface area (TPSA) is 100.0 Å². The maximum atomic E-state index is 5.79. The zero-order valence-corrected chi connectivity index (χ0v) is 11.3. The van der Waals surface area contributed by atoms with Gasteiger partial charge in [0.25, 0.3) is 0 Å². The minimum Gasteiger partial charge on any atom is -0.481 e. The molecule has 2 heterocycles. The number of hydrogen-bond donors (Lipinski definition) is 1. The van der Waals surface area contributed by atoms with Gasteiger partial charge in [0.2, 0.25) is 17.6 Å². The van der Waals surface area contributed by atoms with Crippen LogP contribution in [0, 0.1) is 5.92 Å². The summed E-state index contributed by atoms with van der Waals surface area (Å²) in [7, 11) is 1.55. The van der Waals surface area contributed by atoms with Crippen LogP contribution in [-0.4, -0.2) is 33.8 Å². The molecule has 0 aliphatic heterocycles. The van der Waals surface area contributed by atoms with E-state index < -0.39 is 0 Å². The molecule has 0 saturated heterocycles. The Morgan fingerprint density at radius 1 is 1.40 bits per heavy atom. The van der Waals surface area contributed by atoms with Gasteiger partial charge >= 0.3 is 0 Å². The van der Waals surface area contributed by atoms with E-state index in [2.05, 4.69) is 20.1 Å². The van der Waals surface area contributed by atoms with Crippen LogP contribution in [0.4, 0.5) is 0 Å². The van der Waals surface area contributed by atoms with Crippen molar-refractivity contribution in [2.45, 2.75) is 25.2 Å². The number of aromatic nitrogens is 4.